The summed E-state index contributed by atoms with van der Waals surface area (Å²) in [6.45, 7) is 1.93. The molecule has 5 nitrogen and oxygen atoms in total. The summed E-state index contributed by atoms with van der Waals surface area (Å²) in [7, 11) is 0. The van der Waals surface area contributed by atoms with Crippen LogP contribution in [0.4, 0.5) is 18.9 Å². The number of nitrogens with one attached hydrogen (secondary N) is 1. The van der Waals surface area contributed by atoms with Crippen molar-refractivity contribution in [3.8, 4) is 11.5 Å². The van der Waals surface area contributed by atoms with E-state index >= 15 is 0 Å². The second kappa shape index (κ2) is 7.61. The fourth-order valence-electron chi connectivity index (χ4n) is 2.10. The maximum Gasteiger partial charge on any atom is 0.277 e. The van der Waals surface area contributed by atoms with Crippen LogP contribution >= 0.6 is 11.8 Å². The van der Waals surface area contributed by atoms with Gasteiger partial charge in [-0.1, -0.05) is 29.5 Å². The van der Waals surface area contributed by atoms with Crippen molar-refractivity contribution in [1.29, 1.82) is 0 Å². The summed E-state index contributed by atoms with van der Waals surface area (Å²) in [5.41, 5.74) is 1.33. The van der Waals surface area contributed by atoms with E-state index in [-0.39, 0.29) is 11.0 Å². The van der Waals surface area contributed by atoms with Gasteiger partial charge in [-0.3, -0.25) is 4.79 Å². The number of amides is 1. The lowest BCUT2D eigenvalue weighted by Gasteiger charge is -2.06. The second-order valence-corrected chi connectivity index (χ2v) is 6.23. The zero-order valence-corrected chi connectivity index (χ0v) is 14.2. The maximum atomic E-state index is 13.5. The first-order valence-corrected chi connectivity index (χ1v) is 8.39. The Balaban J connectivity index is 1.61. The average Bonchev–Trinajstić information content (AvgIpc) is 3.10. The van der Waals surface area contributed by atoms with Crippen molar-refractivity contribution in [2.75, 3.05) is 11.1 Å². The Morgan fingerprint density at radius 2 is 1.96 bits per heavy atom. The number of aryl methyl sites for hydroxylation is 1. The minimum absolute atomic E-state index is 0.155. The number of halogens is 3. The number of hydrogen-bond donors (Lipinski definition) is 1. The molecule has 0 aliphatic rings. The summed E-state index contributed by atoms with van der Waals surface area (Å²) < 4.78 is 45.0. The smallest absolute Gasteiger partial charge is 0.277 e. The summed E-state index contributed by atoms with van der Waals surface area (Å²) >= 11 is 0.938. The van der Waals surface area contributed by atoms with Crippen LogP contribution in [-0.4, -0.2) is 21.9 Å². The van der Waals surface area contributed by atoms with Crippen LogP contribution in [0.2, 0.25) is 0 Å². The predicted molar refractivity (Wildman–Crippen MR) is 90.1 cm³/mol. The highest BCUT2D eigenvalue weighted by Crippen LogP contribution is 2.24. The van der Waals surface area contributed by atoms with E-state index < -0.39 is 29.0 Å². The molecule has 0 atom stereocenters. The fourth-order valence-corrected chi connectivity index (χ4v) is 2.66. The van der Waals surface area contributed by atoms with Gasteiger partial charge in [-0.15, -0.1) is 10.2 Å². The quantitative estimate of drug-likeness (QED) is 0.532. The Bertz CT molecular complexity index is 962. The molecule has 0 saturated carbocycles. The van der Waals surface area contributed by atoms with E-state index in [4.69, 9.17) is 4.42 Å². The van der Waals surface area contributed by atoms with Gasteiger partial charge in [0, 0.05) is 5.56 Å². The molecule has 1 heterocycles. The number of carbonyl (C=O) groups excluding carboxylic acids is 1. The largest absolute Gasteiger partial charge is 0.411 e. The van der Waals surface area contributed by atoms with Crippen molar-refractivity contribution in [3.05, 3.63) is 59.4 Å². The van der Waals surface area contributed by atoms with Crippen LogP contribution in [0.25, 0.3) is 11.5 Å². The van der Waals surface area contributed by atoms with Gasteiger partial charge >= 0.3 is 0 Å². The van der Waals surface area contributed by atoms with Crippen LogP contribution in [-0.2, 0) is 4.79 Å². The highest BCUT2D eigenvalue weighted by atomic mass is 32.2. The van der Waals surface area contributed by atoms with E-state index in [1.807, 2.05) is 31.2 Å². The highest BCUT2D eigenvalue weighted by molar-refractivity contribution is 7.99. The van der Waals surface area contributed by atoms with Crippen molar-refractivity contribution in [2.45, 2.75) is 12.1 Å². The van der Waals surface area contributed by atoms with Crippen molar-refractivity contribution in [2.24, 2.45) is 0 Å². The lowest BCUT2D eigenvalue weighted by Crippen LogP contribution is -2.15. The van der Waals surface area contributed by atoms with Crippen LogP contribution in [0.15, 0.2) is 46.0 Å². The van der Waals surface area contributed by atoms with E-state index in [9.17, 15) is 18.0 Å². The Morgan fingerprint density at radius 1 is 1.15 bits per heavy atom. The molecule has 1 aromatic heterocycles. The number of rotatable bonds is 5. The van der Waals surface area contributed by atoms with E-state index in [1.165, 1.54) is 0 Å². The third-order valence-corrected chi connectivity index (χ3v) is 4.13. The number of benzene rings is 2. The maximum absolute atomic E-state index is 13.5. The minimum Gasteiger partial charge on any atom is -0.411 e. The van der Waals surface area contributed by atoms with E-state index in [0.717, 1.165) is 35.0 Å². The Morgan fingerprint density at radius 3 is 2.73 bits per heavy atom. The zero-order chi connectivity index (χ0) is 18.7. The topological polar surface area (TPSA) is 68.0 Å². The fraction of sp³-hybridized carbons (Fsp3) is 0.118. The standard InChI is InChI=1S/C17H12F3N3O2S/c1-9-3-2-4-10(7-9)16-22-23-17(25-16)26-8-13(24)21-12-6-5-11(18)14(19)15(12)20/h2-7H,8H2,1H3,(H,21,24). The monoisotopic (exact) mass is 379 g/mol. The van der Waals surface area contributed by atoms with Gasteiger partial charge in [0.05, 0.1) is 11.4 Å². The number of anilines is 1. The summed E-state index contributed by atoms with van der Waals surface area (Å²) in [5.74, 6) is -4.92. The van der Waals surface area contributed by atoms with Crippen molar-refractivity contribution in [1.82, 2.24) is 10.2 Å². The van der Waals surface area contributed by atoms with Gasteiger partial charge in [0.2, 0.25) is 11.8 Å². The molecule has 0 spiro atoms. The lowest BCUT2D eigenvalue weighted by molar-refractivity contribution is -0.113. The van der Waals surface area contributed by atoms with Crippen molar-refractivity contribution in [3.63, 3.8) is 0 Å². The molecule has 134 valence electrons. The van der Waals surface area contributed by atoms with Gasteiger partial charge in [0.15, 0.2) is 17.5 Å². The lowest BCUT2D eigenvalue weighted by atomic mass is 10.1. The molecule has 0 fully saturated rings. The Hall–Kier alpha value is -2.81. The first-order chi connectivity index (χ1) is 12.4. The number of hydrogen-bond acceptors (Lipinski definition) is 5. The molecular weight excluding hydrogens is 367 g/mol. The van der Waals surface area contributed by atoms with Crippen molar-refractivity contribution >= 4 is 23.4 Å². The molecule has 2 aromatic carbocycles. The van der Waals surface area contributed by atoms with Gasteiger partial charge in [-0.25, -0.2) is 13.2 Å². The highest BCUT2D eigenvalue weighted by Gasteiger charge is 2.16. The first kappa shape index (κ1) is 18.0. The number of nitrogens with zero attached hydrogens (tertiary/aromatic N) is 2. The van der Waals surface area contributed by atoms with Crippen molar-refractivity contribution < 1.29 is 22.4 Å². The molecule has 1 amide bonds. The second-order valence-electron chi connectivity index (χ2n) is 5.30. The van der Waals surface area contributed by atoms with Gasteiger partial charge in [0.1, 0.15) is 0 Å². The van der Waals surface area contributed by atoms with Crippen LogP contribution in [0.5, 0.6) is 0 Å². The summed E-state index contributed by atoms with van der Waals surface area (Å²) in [6, 6.07) is 9.14. The molecule has 9 heteroatoms. The van der Waals surface area contributed by atoms with Crippen LogP contribution in [0.1, 0.15) is 5.56 Å². The zero-order valence-electron chi connectivity index (χ0n) is 13.4. The number of aromatic nitrogens is 2. The Kier molecular flexibility index (Phi) is 5.27. The van der Waals surface area contributed by atoms with E-state index in [0.29, 0.717) is 5.89 Å². The molecule has 0 aliphatic carbocycles. The molecule has 1 N–H and O–H groups in total. The molecule has 3 rings (SSSR count). The molecular formula is C17H12F3N3O2S. The van der Waals surface area contributed by atoms with Gasteiger partial charge in [-0.2, -0.15) is 0 Å². The normalized spacial score (nSPS) is 10.8. The molecule has 0 radical (unpaired) electrons. The van der Waals surface area contributed by atoms with Gasteiger partial charge in [0.25, 0.3) is 5.22 Å². The minimum atomic E-state index is -1.64. The summed E-state index contributed by atoms with van der Waals surface area (Å²) in [5, 5.41) is 10.0. The van der Waals surface area contributed by atoms with Gasteiger partial charge in [-0.05, 0) is 31.2 Å². The van der Waals surface area contributed by atoms with Crippen LogP contribution < -0.4 is 5.32 Å². The third kappa shape index (κ3) is 4.05. The molecule has 0 saturated heterocycles. The van der Waals surface area contributed by atoms with Crippen LogP contribution in [0, 0.1) is 24.4 Å². The molecule has 0 aliphatic heterocycles. The summed E-state index contributed by atoms with van der Waals surface area (Å²) in [4.78, 5) is 11.9. The van der Waals surface area contributed by atoms with Crippen LogP contribution in [0.3, 0.4) is 0 Å². The van der Waals surface area contributed by atoms with E-state index in [2.05, 4.69) is 15.5 Å². The summed E-state index contributed by atoms with van der Waals surface area (Å²) in [6.07, 6.45) is 0. The Labute approximate surface area is 150 Å². The van der Waals surface area contributed by atoms with Gasteiger partial charge < -0.3 is 9.73 Å². The first-order valence-electron chi connectivity index (χ1n) is 7.40. The van der Waals surface area contributed by atoms with E-state index in [1.54, 1.807) is 0 Å². The third-order valence-electron chi connectivity index (χ3n) is 3.31. The molecule has 0 bridgehead atoms. The predicted octanol–water partition coefficient (Wildman–Crippen LogP) is 4.19. The number of carbonyl (C=O) groups is 1. The SMILES string of the molecule is Cc1cccc(-c2nnc(SCC(=O)Nc3ccc(F)c(F)c3F)o2)c1. The molecule has 26 heavy (non-hydrogen) atoms. The molecule has 3 aromatic rings. The average molecular weight is 379 g/mol. The number of thioether (sulfide) groups is 1. The molecule has 0 unspecified atom stereocenters.